The molecule has 1 radical (unpaired) electrons. The Bertz CT molecular complexity index is 108. The van der Waals surface area contributed by atoms with Crippen molar-refractivity contribution < 1.29 is 9.53 Å². The van der Waals surface area contributed by atoms with Crippen molar-refractivity contribution in [2.45, 2.75) is 18.9 Å². The van der Waals surface area contributed by atoms with Gasteiger partial charge in [-0.25, -0.2) is 0 Å². The number of hydrogen-bond acceptors (Lipinski definition) is 2. The molecular formula is C6H10NO2. The molecule has 0 bridgehead atoms. The van der Waals surface area contributed by atoms with Crippen molar-refractivity contribution in [3.05, 3.63) is 7.05 Å². The zero-order valence-electron chi connectivity index (χ0n) is 5.22. The van der Waals surface area contributed by atoms with Crippen LogP contribution in [0.3, 0.4) is 0 Å². The Hall–Kier alpha value is -0.570. The largest absolute Gasteiger partial charge is 0.368 e. The second-order valence-electron chi connectivity index (χ2n) is 2.04. The molecule has 3 nitrogen and oxygen atoms in total. The van der Waals surface area contributed by atoms with Crippen LogP contribution < -0.4 is 5.32 Å². The van der Waals surface area contributed by atoms with Crippen LogP contribution in [0, 0.1) is 7.05 Å². The molecule has 9 heavy (non-hydrogen) atoms. The predicted molar refractivity (Wildman–Crippen MR) is 32.5 cm³/mol. The minimum Gasteiger partial charge on any atom is -0.368 e. The Kier molecular flexibility index (Phi) is 2.05. The summed E-state index contributed by atoms with van der Waals surface area (Å²) in [6, 6.07) is 0. The van der Waals surface area contributed by atoms with Gasteiger partial charge in [0.2, 0.25) is 5.91 Å². The number of nitrogens with one attached hydrogen (secondary N) is 1. The summed E-state index contributed by atoms with van der Waals surface area (Å²) in [7, 11) is 3.25. The Morgan fingerprint density at radius 3 is 3.00 bits per heavy atom. The number of carbonyl (C=O) groups excluding carboxylic acids is 1. The van der Waals surface area contributed by atoms with E-state index in [2.05, 4.69) is 12.4 Å². The molecule has 1 unspecified atom stereocenters. The van der Waals surface area contributed by atoms with Gasteiger partial charge in [0, 0.05) is 13.7 Å². The molecule has 1 atom stereocenters. The van der Waals surface area contributed by atoms with Crippen molar-refractivity contribution in [3.8, 4) is 0 Å². The number of rotatable bonds is 1. The first kappa shape index (κ1) is 6.55. The van der Waals surface area contributed by atoms with Gasteiger partial charge in [-0.15, -0.1) is 0 Å². The average molecular weight is 128 g/mol. The molecule has 0 aromatic rings. The molecular weight excluding hydrogens is 118 g/mol. The van der Waals surface area contributed by atoms with Gasteiger partial charge in [0.15, 0.2) is 0 Å². The number of ether oxygens (including phenoxy) is 1. The van der Waals surface area contributed by atoms with Gasteiger partial charge in [0.1, 0.15) is 6.10 Å². The minimum absolute atomic E-state index is 0.104. The van der Waals surface area contributed by atoms with E-state index >= 15 is 0 Å². The van der Waals surface area contributed by atoms with Gasteiger partial charge in [0.05, 0.1) is 0 Å². The normalized spacial score (nSPS) is 26.1. The highest BCUT2D eigenvalue weighted by atomic mass is 16.5. The molecule has 1 amide bonds. The molecule has 3 heteroatoms. The lowest BCUT2D eigenvalue weighted by Gasteiger charge is -2.04. The monoisotopic (exact) mass is 128 g/mol. The quantitative estimate of drug-likeness (QED) is 0.542. The standard InChI is InChI=1S/C6H10NO2/c1-7-6(8)5-3-2-4-9-5/h5H,1-4H2,(H,7,8). The molecule has 0 spiro atoms. The SMILES string of the molecule is [CH2]NC(=O)C1CCCO1. The summed E-state index contributed by atoms with van der Waals surface area (Å²) < 4.78 is 5.05. The molecule has 1 aliphatic heterocycles. The van der Waals surface area contributed by atoms with Crippen molar-refractivity contribution in [3.63, 3.8) is 0 Å². The first-order valence-electron chi connectivity index (χ1n) is 3.03. The van der Waals surface area contributed by atoms with Crippen LogP contribution in [0.15, 0.2) is 0 Å². The number of carbonyl (C=O) groups is 1. The summed E-state index contributed by atoms with van der Waals surface area (Å²) in [6.07, 6.45) is 1.59. The van der Waals surface area contributed by atoms with E-state index in [9.17, 15) is 4.79 Å². The van der Waals surface area contributed by atoms with Crippen LogP contribution in [0.4, 0.5) is 0 Å². The molecule has 0 aromatic heterocycles. The molecule has 0 aliphatic carbocycles. The van der Waals surface area contributed by atoms with Crippen LogP contribution in [-0.2, 0) is 9.53 Å². The fraction of sp³-hybridized carbons (Fsp3) is 0.667. The van der Waals surface area contributed by atoms with Gasteiger partial charge in [0.25, 0.3) is 0 Å². The van der Waals surface area contributed by atoms with Crippen molar-refractivity contribution in [2.75, 3.05) is 6.61 Å². The van der Waals surface area contributed by atoms with E-state index in [1.54, 1.807) is 0 Å². The second-order valence-corrected chi connectivity index (χ2v) is 2.04. The molecule has 1 fully saturated rings. The van der Waals surface area contributed by atoms with Gasteiger partial charge in [-0.1, -0.05) is 0 Å². The highest BCUT2D eigenvalue weighted by molar-refractivity contribution is 5.81. The summed E-state index contributed by atoms with van der Waals surface area (Å²) in [5.74, 6) is -0.104. The fourth-order valence-electron chi connectivity index (χ4n) is 0.898. The third kappa shape index (κ3) is 1.42. The van der Waals surface area contributed by atoms with E-state index in [-0.39, 0.29) is 12.0 Å². The van der Waals surface area contributed by atoms with Crippen LogP contribution in [0.5, 0.6) is 0 Å². The number of amides is 1. The fourth-order valence-corrected chi connectivity index (χ4v) is 0.898. The zero-order valence-corrected chi connectivity index (χ0v) is 5.22. The molecule has 1 saturated heterocycles. The molecule has 1 heterocycles. The minimum atomic E-state index is -0.234. The smallest absolute Gasteiger partial charge is 0.249 e. The maximum atomic E-state index is 10.7. The third-order valence-electron chi connectivity index (χ3n) is 1.40. The Morgan fingerprint density at radius 1 is 1.78 bits per heavy atom. The van der Waals surface area contributed by atoms with Gasteiger partial charge in [-0.2, -0.15) is 0 Å². The lowest BCUT2D eigenvalue weighted by Crippen LogP contribution is -2.29. The summed E-state index contributed by atoms with van der Waals surface area (Å²) in [6.45, 7) is 0.706. The third-order valence-corrected chi connectivity index (χ3v) is 1.40. The predicted octanol–water partition coefficient (Wildman–Crippen LogP) is 0.0732. The maximum Gasteiger partial charge on any atom is 0.249 e. The Labute approximate surface area is 54.4 Å². The van der Waals surface area contributed by atoms with Crippen molar-refractivity contribution in [2.24, 2.45) is 0 Å². The van der Waals surface area contributed by atoms with E-state index in [1.807, 2.05) is 0 Å². The van der Waals surface area contributed by atoms with Crippen molar-refractivity contribution in [1.82, 2.24) is 5.32 Å². The molecule has 0 saturated carbocycles. The van der Waals surface area contributed by atoms with Crippen molar-refractivity contribution >= 4 is 5.91 Å². The Balaban J connectivity index is 2.32. The lowest BCUT2D eigenvalue weighted by atomic mass is 10.2. The summed E-state index contributed by atoms with van der Waals surface area (Å²) in [5.41, 5.74) is 0. The molecule has 1 rings (SSSR count). The van der Waals surface area contributed by atoms with Gasteiger partial charge < -0.3 is 10.1 Å². The van der Waals surface area contributed by atoms with Crippen LogP contribution in [0.1, 0.15) is 12.8 Å². The van der Waals surface area contributed by atoms with E-state index in [4.69, 9.17) is 4.74 Å². The molecule has 51 valence electrons. The van der Waals surface area contributed by atoms with Crippen LogP contribution >= 0.6 is 0 Å². The van der Waals surface area contributed by atoms with E-state index in [0.717, 1.165) is 12.8 Å². The van der Waals surface area contributed by atoms with Crippen LogP contribution in [0.25, 0.3) is 0 Å². The highest BCUT2D eigenvalue weighted by Crippen LogP contribution is 2.11. The summed E-state index contributed by atoms with van der Waals surface area (Å²) in [4.78, 5) is 10.7. The lowest BCUT2D eigenvalue weighted by molar-refractivity contribution is -0.129. The first-order chi connectivity index (χ1) is 4.34. The zero-order chi connectivity index (χ0) is 6.69. The molecule has 1 N–H and O–H groups in total. The first-order valence-corrected chi connectivity index (χ1v) is 3.03. The molecule has 0 aromatic carbocycles. The van der Waals surface area contributed by atoms with Gasteiger partial charge in [-0.05, 0) is 12.8 Å². The number of hydrogen-bond donors (Lipinski definition) is 1. The van der Waals surface area contributed by atoms with Crippen LogP contribution in [0.2, 0.25) is 0 Å². The Morgan fingerprint density at radius 2 is 2.56 bits per heavy atom. The van der Waals surface area contributed by atoms with E-state index in [0.29, 0.717) is 6.61 Å². The van der Waals surface area contributed by atoms with Gasteiger partial charge >= 0.3 is 0 Å². The topological polar surface area (TPSA) is 38.3 Å². The summed E-state index contributed by atoms with van der Waals surface area (Å²) >= 11 is 0. The maximum absolute atomic E-state index is 10.7. The van der Waals surface area contributed by atoms with Crippen molar-refractivity contribution in [1.29, 1.82) is 0 Å². The molecule has 1 aliphatic rings. The van der Waals surface area contributed by atoms with E-state index in [1.165, 1.54) is 0 Å². The van der Waals surface area contributed by atoms with Crippen LogP contribution in [-0.4, -0.2) is 18.6 Å². The highest BCUT2D eigenvalue weighted by Gasteiger charge is 2.21. The summed E-state index contributed by atoms with van der Waals surface area (Å²) in [5, 5.41) is 2.29. The van der Waals surface area contributed by atoms with Gasteiger partial charge in [-0.3, -0.25) is 4.79 Å². The second kappa shape index (κ2) is 2.82. The van der Waals surface area contributed by atoms with E-state index < -0.39 is 0 Å². The average Bonchev–Trinajstić information content (AvgIpc) is 2.37.